The first-order valence-electron chi connectivity index (χ1n) is 6.68. The molecule has 0 amide bonds. The van der Waals surface area contributed by atoms with E-state index in [1.54, 1.807) is 0 Å². The van der Waals surface area contributed by atoms with E-state index in [2.05, 4.69) is 6.92 Å². The van der Waals surface area contributed by atoms with E-state index in [9.17, 15) is 4.79 Å². The molecule has 0 fully saturated rings. The van der Waals surface area contributed by atoms with Gasteiger partial charge >= 0.3 is 5.97 Å². The van der Waals surface area contributed by atoms with E-state index in [-0.39, 0.29) is 12.3 Å². The molecule has 0 saturated heterocycles. The van der Waals surface area contributed by atoms with Crippen LogP contribution in [0, 0.1) is 11.8 Å². The molecule has 0 bridgehead atoms. The fourth-order valence-electron chi connectivity index (χ4n) is 2.30. The molecule has 3 N–H and O–H groups in total. The Morgan fingerprint density at radius 2 is 2.11 bits per heavy atom. The molecule has 0 radical (unpaired) electrons. The number of carbonyl (C=O) groups is 1. The molecule has 0 saturated carbocycles. The minimum atomic E-state index is -0.770. The Labute approximate surface area is 119 Å². The van der Waals surface area contributed by atoms with Crippen LogP contribution in [0.25, 0.3) is 0 Å². The second kappa shape index (κ2) is 8.18. The molecule has 19 heavy (non-hydrogen) atoms. The van der Waals surface area contributed by atoms with Crippen LogP contribution < -0.4 is 5.73 Å². The van der Waals surface area contributed by atoms with E-state index in [1.165, 1.54) is 0 Å². The van der Waals surface area contributed by atoms with Gasteiger partial charge in [-0.1, -0.05) is 36.7 Å². The van der Waals surface area contributed by atoms with Gasteiger partial charge in [-0.25, -0.2) is 0 Å². The minimum absolute atomic E-state index is 0.0683. The maximum atomic E-state index is 10.7. The highest BCUT2D eigenvalue weighted by atomic mass is 35.5. The Balaban J connectivity index is 2.40. The third-order valence-corrected chi connectivity index (χ3v) is 3.77. The zero-order chi connectivity index (χ0) is 14.3. The molecule has 1 aromatic carbocycles. The largest absolute Gasteiger partial charge is 0.481 e. The first-order valence-corrected chi connectivity index (χ1v) is 7.06. The lowest BCUT2D eigenvalue weighted by Crippen LogP contribution is -2.20. The van der Waals surface area contributed by atoms with Crippen LogP contribution in [0.5, 0.6) is 0 Å². The summed E-state index contributed by atoms with van der Waals surface area (Å²) in [5.74, 6) is -0.253. The first kappa shape index (κ1) is 16.0. The highest BCUT2D eigenvalue weighted by Gasteiger charge is 2.15. The lowest BCUT2D eigenvalue weighted by atomic mass is 9.89. The summed E-state index contributed by atoms with van der Waals surface area (Å²) < 4.78 is 0. The minimum Gasteiger partial charge on any atom is -0.481 e. The van der Waals surface area contributed by atoms with Crippen LogP contribution in [0.3, 0.4) is 0 Å². The third-order valence-electron chi connectivity index (χ3n) is 3.40. The highest BCUT2D eigenvalue weighted by Crippen LogP contribution is 2.22. The molecule has 0 spiro atoms. The van der Waals surface area contributed by atoms with Gasteiger partial charge in [0.25, 0.3) is 0 Å². The number of carboxylic acids is 1. The van der Waals surface area contributed by atoms with E-state index >= 15 is 0 Å². The van der Waals surface area contributed by atoms with Crippen molar-refractivity contribution in [1.82, 2.24) is 0 Å². The van der Waals surface area contributed by atoms with Gasteiger partial charge in [0, 0.05) is 11.4 Å². The predicted molar refractivity (Wildman–Crippen MR) is 78.4 cm³/mol. The fourth-order valence-corrected chi connectivity index (χ4v) is 2.53. The molecular weight excluding hydrogens is 262 g/mol. The number of carboxylic acid groups (broad SMARTS) is 1. The summed E-state index contributed by atoms with van der Waals surface area (Å²) in [6.07, 6.45) is 2.94. The number of rotatable bonds is 8. The monoisotopic (exact) mass is 283 g/mol. The third kappa shape index (κ3) is 6.08. The van der Waals surface area contributed by atoms with Gasteiger partial charge in [-0.15, -0.1) is 0 Å². The molecule has 2 atom stereocenters. The number of hydrogen-bond donors (Lipinski definition) is 2. The quantitative estimate of drug-likeness (QED) is 0.769. The number of benzene rings is 1. The van der Waals surface area contributed by atoms with Gasteiger partial charge in [0.15, 0.2) is 0 Å². The van der Waals surface area contributed by atoms with Crippen molar-refractivity contribution < 1.29 is 9.90 Å². The van der Waals surface area contributed by atoms with Crippen LogP contribution in [0.4, 0.5) is 0 Å². The van der Waals surface area contributed by atoms with E-state index in [1.807, 2.05) is 24.3 Å². The van der Waals surface area contributed by atoms with Crippen molar-refractivity contribution in [3.63, 3.8) is 0 Å². The molecule has 106 valence electrons. The van der Waals surface area contributed by atoms with E-state index in [4.69, 9.17) is 22.4 Å². The second-order valence-electron chi connectivity index (χ2n) is 5.17. The summed E-state index contributed by atoms with van der Waals surface area (Å²) in [7, 11) is 0. The van der Waals surface area contributed by atoms with E-state index in [0.717, 1.165) is 29.8 Å². The van der Waals surface area contributed by atoms with Crippen LogP contribution in [-0.4, -0.2) is 17.6 Å². The Bertz CT molecular complexity index is 409. The maximum absolute atomic E-state index is 10.7. The van der Waals surface area contributed by atoms with Crippen molar-refractivity contribution >= 4 is 17.6 Å². The Kier molecular flexibility index (Phi) is 6.89. The topological polar surface area (TPSA) is 63.3 Å². The van der Waals surface area contributed by atoms with Crippen LogP contribution in [0.1, 0.15) is 31.7 Å². The van der Waals surface area contributed by atoms with E-state index < -0.39 is 5.97 Å². The van der Waals surface area contributed by atoms with Crippen molar-refractivity contribution in [2.45, 2.75) is 32.6 Å². The average molecular weight is 284 g/mol. The number of hydrogen-bond acceptors (Lipinski definition) is 2. The van der Waals surface area contributed by atoms with Crippen molar-refractivity contribution in [2.24, 2.45) is 17.6 Å². The van der Waals surface area contributed by atoms with E-state index in [0.29, 0.717) is 12.5 Å². The van der Waals surface area contributed by atoms with Crippen molar-refractivity contribution in [3.8, 4) is 0 Å². The number of aryl methyl sites for hydroxylation is 1. The van der Waals surface area contributed by atoms with Crippen LogP contribution in [0.15, 0.2) is 24.3 Å². The molecular formula is C15H22ClNO2. The smallest absolute Gasteiger partial charge is 0.303 e. The van der Waals surface area contributed by atoms with Gasteiger partial charge in [-0.3, -0.25) is 4.79 Å². The van der Waals surface area contributed by atoms with Crippen molar-refractivity contribution in [1.29, 1.82) is 0 Å². The molecule has 1 aromatic rings. The summed E-state index contributed by atoms with van der Waals surface area (Å²) in [6, 6.07) is 7.84. The summed E-state index contributed by atoms with van der Waals surface area (Å²) in [4.78, 5) is 10.7. The normalized spacial score (nSPS) is 14.1. The highest BCUT2D eigenvalue weighted by molar-refractivity contribution is 6.31. The molecule has 2 unspecified atom stereocenters. The molecule has 0 aromatic heterocycles. The fraction of sp³-hybridized carbons (Fsp3) is 0.533. The standard InChI is InChI=1S/C15H22ClNO2/c1-11(8-12(10-17)9-15(18)19)6-7-13-4-2-3-5-14(13)16/h2-5,11-12H,6-10,17H2,1H3,(H,18,19). The van der Waals surface area contributed by atoms with Gasteiger partial charge in [-0.2, -0.15) is 0 Å². The predicted octanol–water partition coefficient (Wildman–Crippen LogP) is 3.35. The molecule has 1 rings (SSSR count). The average Bonchev–Trinajstić information content (AvgIpc) is 2.36. The van der Waals surface area contributed by atoms with Crippen molar-refractivity contribution in [2.75, 3.05) is 6.54 Å². The lowest BCUT2D eigenvalue weighted by molar-refractivity contribution is -0.138. The van der Waals surface area contributed by atoms with Gasteiger partial charge in [-0.05, 0) is 49.3 Å². The number of halogens is 1. The van der Waals surface area contributed by atoms with Gasteiger partial charge in [0.2, 0.25) is 0 Å². The molecule has 4 heteroatoms. The zero-order valence-corrected chi connectivity index (χ0v) is 12.1. The second-order valence-corrected chi connectivity index (χ2v) is 5.58. The van der Waals surface area contributed by atoms with Crippen LogP contribution in [-0.2, 0) is 11.2 Å². The SMILES string of the molecule is CC(CCc1ccccc1Cl)CC(CN)CC(=O)O. The Morgan fingerprint density at radius 3 is 2.68 bits per heavy atom. The Morgan fingerprint density at radius 1 is 1.42 bits per heavy atom. The zero-order valence-electron chi connectivity index (χ0n) is 11.3. The first-order chi connectivity index (χ1) is 9.02. The van der Waals surface area contributed by atoms with Gasteiger partial charge in [0.1, 0.15) is 0 Å². The number of aliphatic carboxylic acids is 1. The molecule has 0 aliphatic carbocycles. The summed E-state index contributed by atoms with van der Waals surface area (Å²) in [6.45, 7) is 2.57. The molecule has 0 heterocycles. The van der Waals surface area contributed by atoms with Crippen LogP contribution >= 0.6 is 11.6 Å². The summed E-state index contributed by atoms with van der Waals surface area (Å²) >= 11 is 6.11. The molecule has 0 aliphatic rings. The molecule has 3 nitrogen and oxygen atoms in total. The van der Waals surface area contributed by atoms with Gasteiger partial charge in [0.05, 0.1) is 0 Å². The van der Waals surface area contributed by atoms with Crippen molar-refractivity contribution in [3.05, 3.63) is 34.9 Å². The summed E-state index contributed by atoms with van der Waals surface area (Å²) in [5.41, 5.74) is 6.77. The summed E-state index contributed by atoms with van der Waals surface area (Å²) in [5, 5.41) is 9.60. The molecule has 0 aliphatic heterocycles. The number of nitrogens with two attached hydrogens (primary N) is 1. The lowest BCUT2D eigenvalue weighted by Gasteiger charge is -2.18. The van der Waals surface area contributed by atoms with Crippen LogP contribution in [0.2, 0.25) is 5.02 Å². The maximum Gasteiger partial charge on any atom is 0.303 e. The Hall–Kier alpha value is -1.06. The van der Waals surface area contributed by atoms with Gasteiger partial charge < -0.3 is 10.8 Å².